The van der Waals surface area contributed by atoms with Gasteiger partial charge in [0.1, 0.15) is 0 Å². The molecule has 21 heavy (non-hydrogen) atoms. The minimum atomic E-state index is -1.04. The van der Waals surface area contributed by atoms with Crippen molar-refractivity contribution in [3.8, 4) is 6.07 Å². The summed E-state index contributed by atoms with van der Waals surface area (Å²) in [7, 11) is 0. The van der Waals surface area contributed by atoms with Gasteiger partial charge in [-0.25, -0.2) is 0 Å². The number of carbonyl (C=O) groups is 2. The Morgan fingerprint density at radius 2 is 1.90 bits per heavy atom. The maximum Gasteiger partial charge on any atom is 0.233 e. The van der Waals surface area contributed by atoms with Crippen LogP contribution in [0.2, 0.25) is 0 Å². The van der Waals surface area contributed by atoms with Crippen LogP contribution in [0, 0.1) is 23.2 Å². The van der Waals surface area contributed by atoms with Gasteiger partial charge in [-0.05, 0) is 18.5 Å². The molecule has 0 spiro atoms. The maximum absolute atomic E-state index is 12.2. The quantitative estimate of drug-likeness (QED) is 0.819. The molecule has 1 aliphatic carbocycles. The van der Waals surface area contributed by atoms with Gasteiger partial charge in [-0.2, -0.15) is 5.26 Å². The van der Waals surface area contributed by atoms with Crippen molar-refractivity contribution in [2.45, 2.75) is 18.9 Å². The van der Waals surface area contributed by atoms with Gasteiger partial charge in [0.2, 0.25) is 11.8 Å². The molecule has 1 saturated heterocycles. The van der Waals surface area contributed by atoms with Crippen molar-refractivity contribution in [3.63, 3.8) is 0 Å². The van der Waals surface area contributed by atoms with Crippen LogP contribution in [0.5, 0.6) is 0 Å². The number of likely N-dealkylation sites (N-methyl/N-ethyl adjacent to an activating group) is 1. The third kappa shape index (κ3) is 2.12. The molecule has 2 fully saturated rings. The third-order valence-corrected chi connectivity index (χ3v) is 4.29. The lowest BCUT2D eigenvalue weighted by Crippen LogP contribution is -2.52. The molecule has 0 bridgehead atoms. The largest absolute Gasteiger partial charge is 0.294 e. The third-order valence-electron chi connectivity index (χ3n) is 4.29. The van der Waals surface area contributed by atoms with Crippen LogP contribution in [0.4, 0.5) is 0 Å². The minimum absolute atomic E-state index is 0.0754. The Labute approximate surface area is 123 Å². The second kappa shape index (κ2) is 4.97. The van der Waals surface area contributed by atoms with Crippen LogP contribution in [0.1, 0.15) is 18.9 Å². The summed E-state index contributed by atoms with van der Waals surface area (Å²) in [5.41, 5.74) is -0.270. The zero-order chi connectivity index (χ0) is 15.0. The summed E-state index contributed by atoms with van der Waals surface area (Å²) in [5, 5.41) is 12.9. The van der Waals surface area contributed by atoms with Crippen molar-refractivity contribution in [3.05, 3.63) is 35.9 Å². The second-order valence-electron chi connectivity index (χ2n) is 5.62. The van der Waals surface area contributed by atoms with E-state index in [9.17, 15) is 14.9 Å². The average Bonchev–Trinajstić information content (AvgIpc) is 3.27. The summed E-state index contributed by atoms with van der Waals surface area (Å²) in [6.45, 7) is 2.55. The maximum atomic E-state index is 12.2. The normalized spacial score (nSPS) is 26.2. The molecule has 2 amide bonds. The fourth-order valence-electron chi connectivity index (χ4n) is 3.06. The summed E-state index contributed by atoms with van der Waals surface area (Å²) in [6.07, 6.45) is 0.681. The van der Waals surface area contributed by atoms with Gasteiger partial charge in [0.15, 0.2) is 5.54 Å². The fourth-order valence-corrected chi connectivity index (χ4v) is 3.06. The van der Waals surface area contributed by atoms with Gasteiger partial charge < -0.3 is 0 Å². The topological polar surface area (TPSA) is 73.2 Å². The number of carbonyl (C=O) groups excluding carboxylic acids is 2. The number of imide groups is 1. The molecular formula is C16H17N3O2. The first kappa shape index (κ1) is 13.8. The van der Waals surface area contributed by atoms with E-state index in [1.807, 2.05) is 37.3 Å². The number of hydrogen-bond donors (Lipinski definition) is 1. The second-order valence-corrected chi connectivity index (χ2v) is 5.62. The molecule has 5 nitrogen and oxygen atoms in total. The molecule has 108 valence electrons. The molecular weight excluding hydrogens is 266 g/mol. The lowest BCUT2D eigenvalue weighted by Gasteiger charge is -2.32. The number of benzene rings is 1. The molecule has 1 saturated carbocycles. The molecule has 5 heteroatoms. The Morgan fingerprint density at radius 3 is 2.43 bits per heavy atom. The van der Waals surface area contributed by atoms with Gasteiger partial charge in [-0.15, -0.1) is 0 Å². The van der Waals surface area contributed by atoms with Crippen molar-refractivity contribution in [2.24, 2.45) is 11.8 Å². The van der Waals surface area contributed by atoms with Crippen LogP contribution in [0.3, 0.4) is 0 Å². The first-order valence-electron chi connectivity index (χ1n) is 7.20. The van der Waals surface area contributed by atoms with Crippen molar-refractivity contribution in [1.82, 2.24) is 10.2 Å². The number of nitriles is 1. The number of hydrogen-bond acceptors (Lipinski definition) is 4. The van der Waals surface area contributed by atoms with Gasteiger partial charge in [0, 0.05) is 0 Å². The highest BCUT2D eigenvalue weighted by molar-refractivity contribution is 6.09. The van der Waals surface area contributed by atoms with E-state index in [0.717, 1.165) is 5.56 Å². The van der Waals surface area contributed by atoms with E-state index in [-0.39, 0.29) is 30.2 Å². The molecule has 1 aromatic rings. The Kier molecular flexibility index (Phi) is 3.26. The van der Waals surface area contributed by atoms with E-state index in [1.54, 1.807) is 0 Å². The van der Waals surface area contributed by atoms with Crippen LogP contribution in [0.25, 0.3) is 0 Å². The van der Waals surface area contributed by atoms with Crippen LogP contribution in [0.15, 0.2) is 30.3 Å². The van der Waals surface area contributed by atoms with Crippen molar-refractivity contribution in [2.75, 3.05) is 13.1 Å². The Balaban J connectivity index is 1.92. The number of rotatable bonds is 5. The first-order valence-corrected chi connectivity index (χ1v) is 7.20. The highest BCUT2D eigenvalue weighted by atomic mass is 16.2. The average molecular weight is 283 g/mol. The summed E-state index contributed by atoms with van der Waals surface area (Å²) in [6, 6.07) is 11.5. The number of piperidine rings is 1. The monoisotopic (exact) mass is 283 g/mol. The van der Waals surface area contributed by atoms with Crippen molar-refractivity contribution >= 4 is 11.8 Å². The molecule has 3 atom stereocenters. The molecule has 2 aliphatic rings. The van der Waals surface area contributed by atoms with E-state index in [2.05, 4.69) is 11.4 Å². The summed E-state index contributed by atoms with van der Waals surface area (Å²) < 4.78 is 0. The molecule has 0 radical (unpaired) electrons. The zero-order valence-electron chi connectivity index (χ0n) is 11.9. The molecule has 1 N–H and O–H groups in total. The Bertz CT molecular complexity index is 602. The van der Waals surface area contributed by atoms with Gasteiger partial charge in [-0.1, -0.05) is 37.3 Å². The SMILES string of the molecule is CCNC(C#N)(CN1C(=O)C2CC2C1=O)c1ccccc1. The molecule has 3 rings (SSSR count). The zero-order valence-corrected chi connectivity index (χ0v) is 11.9. The Hall–Kier alpha value is -2.19. The van der Waals surface area contributed by atoms with E-state index >= 15 is 0 Å². The van der Waals surface area contributed by atoms with Gasteiger partial charge >= 0.3 is 0 Å². The van der Waals surface area contributed by atoms with Crippen LogP contribution in [-0.4, -0.2) is 29.8 Å². The minimum Gasteiger partial charge on any atom is -0.294 e. The van der Waals surface area contributed by atoms with Gasteiger partial charge in [0.05, 0.1) is 24.4 Å². The lowest BCUT2D eigenvalue weighted by atomic mass is 9.90. The fraction of sp³-hybridized carbons (Fsp3) is 0.438. The predicted molar refractivity (Wildman–Crippen MR) is 75.7 cm³/mol. The number of nitrogens with one attached hydrogen (secondary N) is 1. The van der Waals surface area contributed by atoms with Crippen LogP contribution in [-0.2, 0) is 15.1 Å². The molecule has 1 heterocycles. The van der Waals surface area contributed by atoms with Crippen molar-refractivity contribution < 1.29 is 9.59 Å². The molecule has 3 unspecified atom stereocenters. The predicted octanol–water partition coefficient (Wildman–Crippen LogP) is 1.02. The highest BCUT2D eigenvalue weighted by Gasteiger charge is 2.60. The standard InChI is InChI=1S/C16H17N3O2/c1-2-18-16(9-17,11-6-4-3-5-7-11)10-19-14(20)12-8-13(12)15(19)21/h3-7,12-13,18H,2,8,10H2,1H3. The number of amides is 2. The summed E-state index contributed by atoms with van der Waals surface area (Å²) in [5.74, 6) is -0.519. The number of likely N-dealkylation sites (tertiary alicyclic amines) is 1. The smallest absolute Gasteiger partial charge is 0.233 e. The number of fused-ring (bicyclic) bond motifs is 1. The van der Waals surface area contributed by atoms with Crippen molar-refractivity contribution in [1.29, 1.82) is 5.26 Å². The van der Waals surface area contributed by atoms with E-state index < -0.39 is 5.54 Å². The first-order chi connectivity index (χ1) is 10.1. The molecule has 1 aliphatic heterocycles. The van der Waals surface area contributed by atoms with Gasteiger partial charge in [0.25, 0.3) is 0 Å². The molecule has 1 aromatic carbocycles. The Morgan fingerprint density at radius 1 is 1.29 bits per heavy atom. The number of nitrogens with zero attached hydrogens (tertiary/aromatic N) is 2. The highest BCUT2D eigenvalue weighted by Crippen LogP contribution is 2.47. The van der Waals surface area contributed by atoms with E-state index in [1.165, 1.54) is 4.90 Å². The van der Waals surface area contributed by atoms with Gasteiger partial charge in [-0.3, -0.25) is 19.8 Å². The van der Waals surface area contributed by atoms with E-state index in [4.69, 9.17) is 0 Å². The summed E-state index contributed by atoms with van der Waals surface area (Å²) in [4.78, 5) is 25.6. The lowest BCUT2D eigenvalue weighted by molar-refractivity contribution is -0.142. The molecule has 0 aromatic heterocycles. The summed E-state index contributed by atoms with van der Waals surface area (Å²) >= 11 is 0. The van der Waals surface area contributed by atoms with Crippen LogP contribution < -0.4 is 5.32 Å². The van der Waals surface area contributed by atoms with E-state index in [0.29, 0.717) is 13.0 Å². The van der Waals surface area contributed by atoms with Crippen LogP contribution >= 0.6 is 0 Å².